The number of nitrogens with zero attached hydrogens (tertiary/aromatic N) is 2. The number of sulfonamides is 1. The van der Waals surface area contributed by atoms with Gasteiger partial charge in [-0.2, -0.15) is 0 Å². The molecule has 1 N–H and O–H groups in total. The highest BCUT2D eigenvalue weighted by atomic mass is 35.5. The Bertz CT molecular complexity index is 1330. The van der Waals surface area contributed by atoms with E-state index in [2.05, 4.69) is 5.32 Å². The lowest BCUT2D eigenvalue weighted by Gasteiger charge is -2.33. The van der Waals surface area contributed by atoms with Gasteiger partial charge >= 0.3 is 0 Å². The van der Waals surface area contributed by atoms with E-state index in [0.717, 1.165) is 27.3 Å². The molecule has 0 fully saturated rings. The lowest BCUT2D eigenvalue weighted by atomic mass is 10.0. The third-order valence-electron chi connectivity index (χ3n) is 6.21. The van der Waals surface area contributed by atoms with E-state index in [1.165, 1.54) is 4.90 Å². The summed E-state index contributed by atoms with van der Waals surface area (Å²) in [4.78, 5) is 28.8. The Morgan fingerprint density at radius 3 is 2.13 bits per heavy atom. The highest BCUT2D eigenvalue weighted by Crippen LogP contribution is 2.25. The minimum atomic E-state index is -3.80. The topological polar surface area (TPSA) is 86.8 Å². The minimum absolute atomic E-state index is 0.109. The van der Waals surface area contributed by atoms with Crippen molar-refractivity contribution in [3.05, 3.63) is 101 Å². The molecule has 1 atom stereocenters. The van der Waals surface area contributed by atoms with Crippen molar-refractivity contribution < 1.29 is 18.0 Å². The molecule has 0 saturated heterocycles. The third kappa shape index (κ3) is 7.82. The van der Waals surface area contributed by atoms with Crippen molar-refractivity contribution >= 4 is 39.1 Å². The van der Waals surface area contributed by atoms with Crippen LogP contribution in [-0.2, 0) is 39.0 Å². The van der Waals surface area contributed by atoms with E-state index in [9.17, 15) is 18.0 Å². The number of halogens is 1. The van der Waals surface area contributed by atoms with Crippen LogP contribution in [0.3, 0.4) is 0 Å². The zero-order chi connectivity index (χ0) is 27.7. The highest BCUT2D eigenvalue weighted by molar-refractivity contribution is 7.92. The molecule has 0 saturated carbocycles. The Labute approximate surface area is 230 Å². The number of amides is 2. The first-order valence-electron chi connectivity index (χ1n) is 12.5. The first-order valence-corrected chi connectivity index (χ1v) is 14.8. The summed E-state index contributed by atoms with van der Waals surface area (Å²) in [5.41, 5.74) is 2.91. The number of carbonyl (C=O) groups excluding carboxylic acids is 2. The molecule has 0 aliphatic heterocycles. The molecule has 0 aromatic heterocycles. The van der Waals surface area contributed by atoms with E-state index >= 15 is 0 Å². The molecule has 3 rings (SSSR count). The van der Waals surface area contributed by atoms with Crippen LogP contribution >= 0.6 is 11.6 Å². The van der Waals surface area contributed by atoms with Gasteiger partial charge in [0.15, 0.2) is 0 Å². The van der Waals surface area contributed by atoms with Gasteiger partial charge in [-0.15, -0.1) is 0 Å². The number of carbonyl (C=O) groups is 2. The number of nitrogens with one attached hydrogen (secondary N) is 1. The number of para-hydroxylation sites is 1. The SMILES string of the molecule is CCNC(=O)[C@H](Cc1ccccc1)N(Cc1ccc(Cl)cc1)C(=O)CN(c1ccccc1CC)S(C)(=O)=O. The standard InChI is InChI=1S/C29H34ClN3O4S/c1-4-24-13-9-10-14-26(24)33(38(3,36)37)21-28(34)32(20-23-15-17-25(30)18-16-23)27(29(35)31-5-2)19-22-11-7-6-8-12-22/h6-18,27H,4-5,19-21H2,1-3H3,(H,31,35)/t27-/m0/s1. The van der Waals surface area contributed by atoms with Gasteiger partial charge in [-0.1, -0.05) is 79.2 Å². The molecule has 7 nitrogen and oxygen atoms in total. The summed E-state index contributed by atoms with van der Waals surface area (Å²) < 4.78 is 27.0. The zero-order valence-corrected chi connectivity index (χ0v) is 23.5. The first kappa shape index (κ1) is 29.2. The number of rotatable bonds is 12. The van der Waals surface area contributed by atoms with Gasteiger partial charge in [0.05, 0.1) is 11.9 Å². The maximum Gasteiger partial charge on any atom is 0.244 e. The van der Waals surface area contributed by atoms with Crippen molar-refractivity contribution in [2.24, 2.45) is 0 Å². The fourth-order valence-electron chi connectivity index (χ4n) is 4.28. The van der Waals surface area contributed by atoms with Gasteiger partial charge in [0.2, 0.25) is 21.8 Å². The average molecular weight is 556 g/mol. The van der Waals surface area contributed by atoms with Crippen LogP contribution in [0.1, 0.15) is 30.5 Å². The summed E-state index contributed by atoms with van der Waals surface area (Å²) >= 11 is 6.07. The quantitative estimate of drug-likeness (QED) is 0.358. The van der Waals surface area contributed by atoms with Crippen molar-refractivity contribution in [2.75, 3.05) is 23.7 Å². The maximum atomic E-state index is 14.0. The lowest BCUT2D eigenvalue weighted by Crippen LogP contribution is -2.53. The molecule has 9 heteroatoms. The second kappa shape index (κ2) is 13.4. The van der Waals surface area contributed by atoms with Crippen LogP contribution in [0.5, 0.6) is 0 Å². The molecular weight excluding hydrogens is 522 g/mol. The molecule has 0 spiro atoms. The van der Waals surface area contributed by atoms with E-state index in [1.807, 2.05) is 56.3 Å². The first-order chi connectivity index (χ1) is 18.1. The summed E-state index contributed by atoms with van der Waals surface area (Å²) in [5.74, 6) is -0.790. The van der Waals surface area contributed by atoms with Gasteiger partial charge in [-0.05, 0) is 48.2 Å². The van der Waals surface area contributed by atoms with Crippen molar-refractivity contribution in [3.63, 3.8) is 0 Å². The van der Waals surface area contributed by atoms with Crippen molar-refractivity contribution in [1.82, 2.24) is 10.2 Å². The number of hydrogen-bond donors (Lipinski definition) is 1. The van der Waals surface area contributed by atoms with Crippen molar-refractivity contribution in [3.8, 4) is 0 Å². The fraction of sp³-hybridized carbons (Fsp3) is 0.310. The monoisotopic (exact) mass is 555 g/mol. The van der Waals surface area contributed by atoms with Crippen molar-refractivity contribution in [2.45, 2.75) is 39.3 Å². The van der Waals surface area contributed by atoms with Crippen LogP contribution in [0.15, 0.2) is 78.9 Å². The van der Waals surface area contributed by atoms with E-state index in [0.29, 0.717) is 23.7 Å². The van der Waals surface area contributed by atoms with E-state index in [1.54, 1.807) is 36.4 Å². The predicted molar refractivity (Wildman–Crippen MR) is 153 cm³/mol. The highest BCUT2D eigenvalue weighted by Gasteiger charge is 2.33. The summed E-state index contributed by atoms with van der Waals surface area (Å²) in [5, 5.41) is 3.40. The van der Waals surface area contributed by atoms with Gasteiger partial charge in [0.1, 0.15) is 12.6 Å². The Hall–Kier alpha value is -3.36. The maximum absolute atomic E-state index is 14.0. The molecule has 3 aromatic rings. The van der Waals surface area contributed by atoms with Crippen LogP contribution < -0.4 is 9.62 Å². The van der Waals surface area contributed by atoms with E-state index in [-0.39, 0.29) is 18.9 Å². The molecule has 38 heavy (non-hydrogen) atoms. The van der Waals surface area contributed by atoms with Gasteiger partial charge in [-0.3, -0.25) is 13.9 Å². The second-order valence-corrected chi connectivity index (χ2v) is 11.3. The Balaban J connectivity index is 2.05. The predicted octanol–water partition coefficient (Wildman–Crippen LogP) is 4.44. The summed E-state index contributed by atoms with van der Waals surface area (Å²) in [6.45, 7) is 3.81. The summed E-state index contributed by atoms with van der Waals surface area (Å²) in [6.07, 6.45) is 1.96. The third-order valence-corrected chi connectivity index (χ3v) is 7.59. The number of anilines is 1. The molecule has 0 bridgehead atoms. The van der Waals surface area contributed by atoms with Crippen molar-refractivity contribution in [1.29, 1.82) is 0 Å². The number of likely N-dealkylation sites (N-methyl/N-ethyl adjacent to an activating group) is 1. The van der Waals surface area contributed by atoms with E-state index in [4.69, 9.17) is 11.6 Å². The molecule has 0 unspecified atom stereocenters. The van der Waals surface area contributed by atoms with Crippen LogP contribution in [0, 0.1) is 0 Å². The lowest BCUT2D eigenvalue weighted by molar-refractivity contribution is -0.140. The molecular formula is C29H34ClN3O4S. The average Bonchev–Trinajstić information content (AvgIpc) is 2.90. The van der Waals surface area contributed by atoms with Gasteiger partial charge in [0.25, 0.3) is 0 Å². The number of aryl methyl sites for hydroxylation is 1. The van der Waals surface area contributed by atoms with Gasteiger partial charge in [0, 0.05) is 24.5 Å². The van der Waals surface area contributed by atoms with Gasteiger partial charge < -0.3 is 10.2 Å². The molecule has 0 heterocycles. The summed E-state index contributed by atoms with van der Waals surface area (Å²) in [6, 6.07) is 22.7. The van der Waals surface area contributed by atoms with Crippen LogP contribution in [0.2, 0.25) is 5.02 Å². The molecule has 2 amide bonds. The zero-order valence-electron chi connectivity index (χ0n) is 21.9. The molecule has 0 aliphatic carbocycles. The normalized spacial score (nSPS) is 12.0. The summed E-state index contributed by atoms with van der Waals surface area (Å²) in [7, 11) is -3.80. The number of benzene rings is 3. The van der Waals surface area contributed by atoms with Crippen LogP contribution in [0.25, 0.3) is 0 Å². The Morgan fingerprint density at radius 2 is 1.53 bits per heavy atom. The second-order valence-electron chi connectivity index (χ2n) is 9.00. The smallest absolute Gasteiger partial charge is 0.244 e. The molecule has 3 aromatic carbocycles. The number of hydrogen-bond acceptors (Lipinski definition) is 4. The molecule has 0 radical (unpaired) electrons. The molecule has 202 valence electrons. The van der Waals surface area contributed by atoms with Crippen LogP contribution in [-0.4, -0.2) is 50.5 Å². The van der Waals surface area contributed by atoms with E-state index < -0.39 is 28.5 Å². The Kier molecular flexibility index (Phi) is 10.3. The Morgan fingerprint density at radius 1 is 0.895 bits per heavy atom. The molecule has 0 aliphatic rings. The fourth-order valence-corrected chi connectivity index (χ4v) is 5.29. The van der Waals surface area contributed by atoms with Crippen LogP contribution in [0.4, 0.5) is 5.69 Å². The largest absolute Gasteiger partial charge is 0.355 e. The minimum Gasteiger partial charge on any atom is -0.355 e. The van der Waals surface area contributed by atoms with Gasteiger partial charge in [-0.25, -0.2) is 8.42 Å².